The van der Waals surface area contributed by atoms with E-state index in [1.165, 1.54) is 5.57 Å². The van der Waals surface area contributed by atoms with Crippen LogP contribution in [0.4, 0.5) is 0 Å². The molecule has 0 heterocycles. The molecule has 0 amide bonds. The molecule has 108 valence electrons. The number of unbranched alkanes of at least 4 members (excludes halogenated alkanes) is 1. The summed E-state index contributed by atoms with van der Waals surface area (Å²) in [6.45, 7) is 4.21. The standard InChI is InChI=1S/C17H22O3/c1-3-4-5-11(2)8-13-7-6-12-9-14(18)10-15(12)16(13)17(19)20/h6-9,13,15-16H,3-5,10H2,1-2H3,(H,19,20)/b11-8+/t13-,15+,16+/m0/s1. The Morgan fingerprint density at radius 3 is 2.90 bits per heavy atom. The van der Waals surface area contributed by atoms with Crippen LogP contribution in [0.3, 0.4) is 0 Å². The number of aliphatic carboxylic acids is 1. The summed E-state index contributed by atoms with van der Waals surface area (Å²) in [5, 5.41) is 9.53. The first-order chi connectivity index (χ1) is 9.52. The molecule has 0 saturated heterocycles. The molecular formula is C17H22O3. The molecule has 0 spiro atoms. The van der Waals surface area contributed by atoms with Crippen LogP contribution in [0.25, 0.3) is 0 Å². The van der Waals surface area contributed by atoms with Crippen LogP contribution < -0.4 is 0 Å². The molecule has 1 N–H and O–H groups in total. The predicted molar refractivity (Wildman–Crippen MR) is 78.2 cm³/mol. The molecule has 3 atom stereocenters. The first kappa shape index (κ1) is 14.8. The number of carboxylic acid groups (broad SMARTS) is 1. The van der Waals surface area contributed by atoms with Crippen molar-refractivity contribution in [2.75, 3.05) is 0 Å². The van der Waals surface area contributed by atoms with Crippen molar-refractivity contribution < 1.29 is 14.7 Å². The maximum atomic E-state index is 11.6. The lowest BCUT2D eigenvalue weighted by Crippen LogP contribution is -2.32. The number of carbonyl (C=O) groups excluding carboxylic acids is 1. The Labute approximate surface area is 120 Å². The fourth-order valence-electron chi connectivity index (χ4n) is 3.17. The lowest BCUT2D eigenvalue weighted by atomic mass is 9.73. The predicted octanol–water partition coefficient (Wildman–Crippen LogP) is 3.53. The molecule has 0 fully saturated rings. The van der Waals surface area contributed by atoms with Gasteiger partial charge in [-0.1, -0.05) is 37.1 Å². The van der Waals surface area contributed by atoms with Crippen molar-refractivity contribution in [3.8, 4) is 0 Å². The van der Waals surface area contributed by atoms with E-state index in [-0.39, 0.29) is 17.6 Å². The third-order valence-corrected chi connectivity index (χ3v) is 4.22. The van der Waals surface area contributed by atoms with Crippen LogP contribution in [0.2, 0.25) is 0 Å². The summed E-state index contributed by atoms with van der Waals surface area (Å²) < 4.78 is 0. The van der Waals surface area contributed by atoms with Gasteiger partial charge in [-0.15, -0.1) is 0 Å². The summed E-state index contributed by atoms with van der Waals surface area (Å²) in [6.07, 6.45) is 11.2. The minimum absolute atomic E-state index is 0.0493. The zero-order chi connectivity index (χ0) is 14.7. The van der Waals surface area contributed by atoms with Crippen LogP contribution in [-0.2, 0) is 9.59 Å². The third-order valence-electron chi connectivity index (χ3n) is 4.22. The molecule has 0 radical (unpaired) electrons. The van der Waals surface area contributed by atoms with Crippen molar-refractivity contribution >= 4 is 11.8 Å². The maximum Gasteiger partial charge on any atom is 0.308 e. The minimum Gasteiger partial charge on any atom is -0.481 e. The Bertz CT molecular complexity index is 496. The number of hydrogen-bond donors (Lipinski definition) is 1. The summed E-state index contributed by atoms with van der Waals surface area (Å²) in [5.41, 5.74) is 2.13. The second-order valence-corrected chi connectivity index (χ2v) is 5.84. The number of rotatable bonds is 5. The summed E-state index contributed by atoms with van der Waals surface area (Å²) in [7, 11) is 0. The van der Waals surface area contributed by atoms with E-state index in [1.54, 1.807) is 6.08 Å². The van der Waals surface area contributed by atoms with Crippen molar-refractivity contribution in [2.24, 2.45) is 17.8 Å². The summed E-state index contributed by atoms with van der Waals surface area (Å²) >= 11 is 0. The average Bonchev–Trinajstić information content (AvgIpc) is 2.75. The second kappa shape index (κ2) is 6.21. The Kier molecular flexibility index (Phi) is 4.58. The molecule has 3 nitrogen and oxygen atoms in total. The van der Waals surface area contributed by atoms with E-state index in [0.717, 1.165) is 24.8 Å². The van der Waals surface area contributed by atoms with Gasteiger partial charge in [0.2, 0.25) is 0 Å². The SMILES string of the molecule is CCCC/C(C)=C/[C@@H]1C=CC2=CC(=O)C[C@H]2[C@@H]1C(=O)O. The number of fused-ring (bicyclic) bond motifs is 1. The van der Waals surface area contributed by atoms with Gasteiger partial charge in [-0.2, -0.15) is 0 Å². The molecule has 0 saturated carbocycles. The quantitative estimate of drug-likeness (QED) is 0.780. The Hall–Kier alpha value is -1.64. The van der Waals surface area contributed by atoms with Gasteiger partial charge in [0, 0.05) is 18.3 Å². The van der Waals surface area contributed by atoms with Gasteiger partial charge in [0.05, 0.1) is 5.92 Å². The number of hydrogen-bond acceptors (Lipinski definition) is 2. The molecule has 0 bridgehead atoms. The Morgan fingerprint density at radius 1 is 1.50 bits per heavy atom. The van der Waals surface area contributed by atoms with Crippen molar-refractivity contribution in [3.05, 3.63) is 35.5 Å². The number of allylic oxidation sites excluding steroid dienone is 6. The molecule has 2 rings (SSSR count). The fourth-order valence-corrected chi connectivity index (χ4v) is 3.17. The first-order valence-corrected chi connectivity index (χ1v) is 7.35. The van der Waals surface area contributed by atoms with E-state index < -0.39 is 11.9 Å². The number of carbonyl (C=O) groups is 2. The normalized spacial score (nSPS) is 29.3. The molecule has 20 heavy (non-hydrogen) atoms. The van der Waals surface area contributed by atoms with E-state index in [4.69, 9.17) is 0 Å². The second-order valence-electron chi connectivity index (χ2n) is 5.84. The van der Waals surface area contributed by atoms with Crippen LogP contribution in [0, 0.1) is 17.8 Å². The Balaban J connectivity index is 2.21. The highest BCUT2D eigenvalue weighted by Gasteiger charge is 2.41. The molecule has 3 heteroatoms. The Morgan fingerprint density at radius 2 is 2.25 bits per heavy atom. The number of ketones is 1. The van der Waals surface area contributed by atoms with E-state index in [2.05, 4.69) is 19.9 Å². The van der Waals surface area contributed by atoms with Crippen LogP contribution in [0.15, 0.2) is 35.5 Å². The monoisotopic (exact) mass is 274 g/mol. The minimum atomic E-state index is -0.801. The highest BCUT2D eigenvalue weighted by Crippen LogP contribution is 2.41. The van der Waals surface area contributed by atoms with Crippen molar-refractivity contribution in [2.45, 2.75) is 39.5 Å². The van der Waals surface area contributed by atoms with E-state index in [0.29, 0.717) is 6.42 Å². The van der Waals surface area contributed by atoms with Crippen LogP contribution in [0.5, 0.6) is 0 Å². The zero-order valence-corrected chi connectivity index (χ0v) is 12.1. The molecule has 0 aromatic heterocycles. The van der Waals surface area contributed by atoms with Crippen molar-refractivity contribution in [1.82, 2.24) is 0 Å². The van der Waals surface area contributed by atoms with Crippen LogP contribution >= 0.6 is 0 Å². The van der Waals surface area contributed by atoms with Gasteiger partial charge in [0.15, 0.2) is 5.78 Å². The first-order valence-electron chi connectivity index (χ1n) is 7.35. The smallest absolute Gasteiger partial charge is 0.308 e. The molecule has 0 aliphatic heterocycles. The average molecular weight is 274 g/mol. The van der Waals surface area contributed by atoms with Gasteiger partial charge in [-0.05, 0) is 31.4 Å². The van der Waals surface area contributed by atoms with Gasteiger partial charge in [0.1, 0.15) is 0 Å². The fraction of sp³-hybridized carbons (Fsp3) is 0.529. The highest BCUT2D eigenvalue weighted by molar-refractivity contribution is 5.95. The molecule has 0 unspecified atom stereocenters. The molecule has 2 aliphatic carbocycles. The van der Waals surface area contributed by atoms with Crippen LogP contribution in [0.1, 0.15) is 39.5 Å². The van der Waals surface area contributed by atoms with E-state index in [1.807, 2.05) is 12.2 Å². The van der Waals surface area contributed by atoms with E-state index in [9.17, 15) is 14.7 Å². The highest BCUT2D eigenvalue weighted by atomic mass is 16.4. The van der Waals surface area contributed by atoms with Crippen LogP contribution in [-0.4, -0.2) is 16.9 Å². The topological polar surface area (TPSA) is 54.4 Å². The molecular weight excluding hydrogens is 252 g/mol. The summed E-state index contributed by atoms with van der Waals surface area (Å²) in [4.78, 5) is 23.1. The lowest BCUT2D eigenvalue weighted by Gasteiger charge is -2.29. The number of carboxylic acids is 1. The van der Waals surface area contributed by atoms with Crippen molar-refractivity contribution in [3.63, 3.8) is 0 Å². The zero-order valence-electron chi connectivity index (χ0n) is 12.1. The van der Waals surface area contributed by atoms with E-state index >= 15 is 0 Å². The summed E-state index contributed by atoms with van der Waals surface area (Å²) in [5.74, 6) is -1.50. The van der Waals surface area contributed by atoms with Gasteiger partial charge in [-0.25, -0.2) is 0 Å². The van der Waals surface area contributed by atoms with Gasteiger partial charge < -0.3 is 5.11 Å². The van der Waals surface area contributed by atoms with Gasteiger partial charge in [0.25, 0.3) is 0 Å². The largest absolute Gasteiger partial charge is 0.481 e. The summed E-state index contributed by atoms with van der Waals surface area (Å²) in [6, 6.07) is 0. The lowest BCUT2D eigenvalue weighted by molar-refractivity contribution is -0.144. The van der Waals surface area contributed by atoms with Crippen molar-refractivity contribution in [1.29, 1.82) is 0 Å². The molecule has 0 aromatic rings. The molecule has 2 aliphatic rings. The maximum absolute atomic E-state index is 11.6. The third kappa shape index (κ3) is 3.09. The molecule has 0 aromatic carbocycles. The van der Waals surface area contributed by atoms with Gasteiger partial charge >= 0.3 is 5.97 Å². The van der Waals surface area contributed by atoms with Gasteiger partial charge in [-0.3, -0.25) is 9.59 Å².